The van der Waals surface area contributed by atoms with Crippen LogP contribution >= 0.6 is 23.6 Å². The van der Waals surface area contributed by atoms with Gasteiger partial charge in [-0.25, -0.2) is 4.98 Å². The monoisotopic (exact) mass is 457 g/mol. The highest BCUT2D eigenvalue weighted by Gasteiger charge is 2.23. The van der Waals surface area contributed by atoms with Crippen molar-refractivity contribution in [3.63, 3.8) is 0 Å². The minimum Gasteiger partial charge on any atom is -0.378 e. The van der Waals surface area contributed by atoms with Gasteiger partial charge in [0.25, 0.3) is 11.6 Å². The number of anilines is 2. The van der Waals surface area contributed by atoms with Crippen LogP contribution < -0.4 is 15.5 Å². The maximum Gasteiger partial charge on any atom is 0.293 e. The molecule has 0 bridgehead atoms. The Hall–Kier alpha value is -3.15. The lowest BCUT2D eigenvalue weighted by atomic mass is 10.1. The van der Waals surface area contributed by atoms with E-state index in [0.717, 1.165) is 15.8 Å². The summed E-state index contributed by atoms with van der Waals surface area (Å²) < 4.78 is 6.31. The van der Waals surface area contributed by atoms with E-state index >= 15 is 0 Å². The molecule has 0 saturated carbocycles. The van der Waals surface area contributed by atoms with Gasteiger partial charge in [-0.3, -0.25) is 20.2 Å². The van der Waals surface area contributed by atoms with E-state index in [1.54, 1.807) is 12.1 Å². The molecule has 1 aliphatic heterocycles. The number of thiazole rings is 1. The smallest absolute Gasteiger partial charge is 0.293 e. The maximum atomic E-state index is 12.6. The number of carbonyl (C=O) groups excluding carboxylic acids is 1. The molecule has 2 N–H and O–H groups in total. The average molecular weight is 458 g/mol. The van der Waals surface area contributed by atoms with Crippen LogP contribution in [0.2, 0.25) is 0 Å². The van der Waals surface area contributed by atoms with Gasteiger partial charge >= 0.3 is 0 Å². The van der Waals surface area contributed by atoms with Crippen LogP contribution in [0.1, 0.15) is 15.9 Å². The van der Waals surface area contributed by atoms with Crippen LogP contribution in [0.3, 0.4) is 0 Å². The lowest BCUT2D eigenvalue weighted by molar-refractivity contribution is -0.384. The number of aryl methyl sites for hydroxylation is 1. The highest BCUT2D eigenvalue weighted by Crippen LogP contribution is 2.30. The lowest BCUT2D eigenvalue weighted by Gasteiger charge is -2.28. The normalized spacial score (nSPS) is 13.8. The van der Waals surface area contributed by atoms with E-state index in [0.29, 0.717) is 37.1 Å². The molecule has 2 aromatic carbocycles. The molecule has 0 radical (unpaired) electrons. The molecule has 4 rings (SSSR count). The number of nitro groups is 1. The third-order valence-electron chi connectivity index (χ3n) is 4.78. The maximum absolute atomic E-state index is 12.6. The molecule has 31 heavy (non-hydrogen) atoms. The zero-order valence-electron chi connectivity index (χ0n) is 16.6. The summed E-state index contributed by atoms with van der Waals surface area (Å²) in [6, 6.07) is 10.3. The van der Waals surface area contributed by atoms with E-state index in [-0.39, 0.29) is 16.4 Å². The van der Waals surface area contributed by atoms with Crippen molar-refractivity contribution in [3.8, 4) is 0 Å². The lowest BCUT2D eigenvalue weighted by Crippen LogP contribution is -2.37. The number of hydrogen-bond acceptors (Lipinski definition) is 8. The molecule has 1 aromatic heterocycles. The quantitative estimate of drug-likeness (QED) is 0.348. The molecule has 2 heterocycles. The summed E-state index contributed by atoms with van der Waals surface area (Å²) in [7, 11) is 0. The summed E-state index contributed by atoms with van der Waals surface area (Å²) in [5, 5.41) is 17.7. The Kier molecular flexibility index (Phi) is 6.07. The fourth-order valence-corrected chi connectivity index (χ4v) is 4.49. The Labute approximate surface area is 187 Å². The number of rotatable bonds is 4. The van der Waals surface area contributed by atoms with Crippen LogP contribution in [0.15, 0.2) is 36.4 Å². The first kappa shape index (κ1) is 21.1. The summed E-state index contributed by atoms with van der Waals surface area (Å²) in [4.78, 5) is 30.0. The molecule has 160 valence electrons. The van der Waals surface area contributed by atoms with Gasteiger partial charge in [-0.15, -0.1) is 0 Å². The number of nitrogens with zero attached hydrogens (tertiary/aromatic N) is 3. The van der Waals surface area contributed by atoms with Gasteiger partial charge in [0.2, 0.25) is 0 Å². The van der Waals surface area contributed by atoms with Crippen LogP contribution in [-0.2, 0) is 4.74 Å². The van der Waals surface area contributed by atoms with Crippen LogP contribution in [0.5, 0.6) is 0 Å². The van der Waals surface area contributed by atoms with Gasteiger partial charge in [0.15, 0.2) is 10.2 Å². The van der Waals surface area contributed by atoms with E-state index in [1.807, 2.05) is 30.0 Å². The third-order valence-corrected chi connectivity index (χ3v) is 5.92. The molecule has 0 unspecified atom stereocenters. The number of ether oxygens (including phenoxy) is 1. The summed E-state index contributed by atoms with van der Waals surface area (Å²) in [5.41, 5.74) is 2.44. The minimum absolute atomic E-state index is 0.0701. The number of aromatic nitrogens is 1. The fourth-order valence-electron chi connectivity index (χ4n) is 3.27. The second kappa shape index (κ2) is 8.92. The van der Waals surface area contributed by atoms with Crippen LogP contribution in [-0.4, -0.2) is 47.2 Å². The van der Waals surface area contributed by atoms with E-state index < -0.39 is 10.8 Å². The van der Waals surface area contributed by atoms with Gasteiger partial charge in [-0.05, 0) is 49.0 Å². The number of nitrogens with one attached hydrogen (secondary N) is 2. The molecular weight excluding hydrogens is 438 g/mol. The standard InChI is InChI=1S/C20H19N5O4S2/c1-12-2-4-14-17(10-12)31-20(21-14)23-19(30)22-18(26)13-3-5-15(16(11-13)25(27)28)24-6-8-29-9-7-24/h2-5,10-11H,6-9H2,1H3,(H2,21,22,23,26,30). The topological polar surface area (TPSA) is 110 Å². The third kappa shape index (κ3) is 4.79. The number of thiocarbonyl (C=S) groups is 1. The molecule has 0 spiro atoms. The summed E-state index contributed by atoms with van der Waals surface area (Å²) in [6.45, 7) is 4.13. The van der Waals surface area contributed by atoms with E-state index in [1.165, 1.54) is 17.4 Å². The molecule has 11 heteroatoms. The average Bonchev–Trinajstić information content (AvgIpc) is 3.14. The first-order chi connectivity index (χ1) is 14.9. The number of morpholine rings is 1. The molecule has 3 aromatic rings. The van der Waals surface area contributed by atoms with Gasteiger partial charge in [0.05, 0.1) is 28.4 Å². The minimum atomic E-state index is -0.536. The van der Waals surface area contributed by atoms with Crippen molar-refractivity contribution in [3.05, 3.63) is 57.6 Å². The van der Waals surface area contributed by atoms with Crippen molar-refractivity contribution in [2.45, 2.75) is 6.92 Å². The second-order valence-electron chi connectivity index (χ2n) is 6.96. The number of benzene rings is 2. The van der Waals surface area contributed by atoms with Crippen LogP contribution in [0.4, 0.5) is 16.5 Å². The van der Waals surface area contributed by atoms with E-state index in [2.05, 4.69) is 15.6 Å². The Morgan fingerprint density at radius 3 is 2.77 bits per heavy atom. The zero-order chi connectivity index (χ0) is 22.0. The first-order valence-electron chi connectivity index (χ1n) is 9.51. The summed E-state index contributed by atoms with van der Waals surface area (Å²) in [5.74, 6) is -0.536. The predicted molar refractivity (Wildman–Crippen MR) is 124 cm³/mol. The van der Waals surface area contributed by atoms with Gasteiger partial charge in [-0.2, -0.15) is 0 Å². The molecule has 1 aliphatic rings. The molecule has 1 fully saturated rings. The molecule has 0 atom stereocenters. The van der Waals surface area contributed by atoms with Gasteiger partial charge in [-0.1, -0.05) is 17.4 Å². The second-order valence-corrected chi connectivity index (χ2v) is 8.40. The van der Waals surface area contributed by atoms with Crippen molar-refractivity contribution in [2.75, 3.05) is 36.5 Å². The van der Waals surface area contributed by atoms with Gasteiger partial charge in [0.1, 0.15) is 5.69 Å². The van der Waals surface area contributed by atoms with Crippen LogP contribution in [0, 0.1) is 17.0 Å². The number of hydrogen-bond donors (Lipinski definition) is 2. The zero-order valence-corrected chi connectivity index (χ0v) is 18.2. The van der Waals surface area contributed by atoms with Crippen LogP contribution in [0.25, 0.3) is 10.2 Å². The molecule has 1 saturated heterocycles. The summed E-state index contributed by atoms with van der Waals surface area (Å²) in [6.07, 6.45) is 0. The van der Waals surface area contributed by atoms with Crippen molar-refractivity contribution in [1.82, 2.24) is 10.3 Å². The number of amides is 1. The number of fused-ring (bicyclic) bond motifs is 1. The highest BCUT2D eigenvalue weighted by molar-refractivity contribution is 7.80. The Bertz CT molecular complexity index is 1170. The van der Waals surface area contributed by atoms with Crippen molar-refractivity contribution < 1.29 is 14.5 Å². The Balaban J connectivity index is 1.47. The first-order valence-corrected chi connectivity index (χ1v) is 10.7. The molecular formula is C20H19N5O4S2. The number of nitro benzene ring substituents is 1. The highest BCUT2D eigenvalue weighted by atomic mass is 32.1. The van der Waals surface area contributed by atoms with Gasteiger partial charge < -0.3 is 15.0 Å². The van der Waals surface area contributed by atoms with Crippen molar-refractivity contribution >= 4 is 61.3 Å². The number of carbonyl (C=O) groups is 1. The predicted octanol–water partition coefficient (Wildman–Crippen LogP) is 3.48. The fraction of sp³-hybridized carbons (Fsp3) is 0.250. The Morgan fingerprint density at radius 1 is 1.26 bits per heavy atom. The van der Waals surface area contributed by atoms with Crippen molar-refractivity contribution in [2.24, 2.45) is 0 Å². The van der Waals surface area contributed by atoms with Gasteiger partial charge in [0, 0.05) is 24.7 Å². The largest absolute Gasteiger partial charge is 0.378 e. The SMILES string of the molecule is Cc1ccc2nc(NC(=S)NC(=O)c3ccc(N4CCOCC4)c([N+](=O)[O-])c3)sc2c1. The molecule has 0 aliphatic carbocycles. The van der Waals surface area contributed by atoms with E-state index in [9.17, 15) is 14.9 Å². The Morgan fingerprint density at radius 2 is 2.03 bits per heavy atom. The molecule has 1 amide bonds. The van der Waals surface area contributed by atoms with Crippen molar-refractivity contribution in [1.29, 1.82) is 0 Å². The molecule has 9 nitrogen and oxygen atoms in total. The van der Waals surface area contributed by atoms with E-state index in [4.69, 9.17) is 17.0 Å². The summed E-state index contributed by atoms with van der Waals surface area (Å²) >= 11 is 6.64.